The van der Waals surface area contributed by atoms with Crippen LogP contribution >= 0.6 is 23.5 Å². The lowest BCUT2D eigenvalue weighted by Crippen LogP contribution is -2.31. The first-order chi connectivity index (χ1) is 14.2. The topological polar surface area (TPSA) is 43.2 Å². The van der Waals surface area contributed by atoms with Gasteiger partial charge in [0, 0.05) is 11.8 Å². The van der Waals surface area contributed by atoms with Gasteiger partial charge in [0.2, 0.25) is 5.16 Å². The highest BCUT2D eigenvalue weighted by atomic mass is 32.2. The molecule has 2 aromatic carbocycles. The zero-order valence-electron chi connectivity index (χ0n) is 16.4. The summed E-state index contributed by atoms with van der Waals surface area (Å²) < 4.78 is 8.14. The van der Waals surface area contributed by atoms with E-state index in [4.69, 9.17) is 4.74 Å². The van der Waals surface area contributed by atoms with Gasteiger partial charge in [-0.1, -0.05) is 68.1 Å². The quantitative estimate of drug-likeness (QED) is 0.534. The molecular weight excluding hydrogens is 400 g/mol. The highest BCUT2D eigenvalue weighted by Gasteiger charge is 2.39. The summed E-state index contributed by atoms with van der Waals surface area (Å²) in [5.74, 6) is 2.45. The maximum Gasteiger partial charge on any atom is 0.216 e. The summed E-state index contributed by atoms with van der Waals surface area (Å²) in [5, 5.41) is 15.7. The molecule has 0 saturated heterocycles. The Kier molecular flexibility index (Phi) is 5.01. The van der Waals surface area contributed by atoms with Crippen molar-refractivity contribution in [2.24, 2.45) is 5.92 Å². The van der Waals surface area contributed by atoms with Crippen LogP contribution in [0.3, 0.4) is 0 Å². The van der Waals surface area contributed by atoms with Crippen LogP contribution in [0, 0.1) is 5.92 Å². The van der Waals surface area contributed by atoms with Gasteiger partial charge in [0.25, 0.3) is 0 Å². The molecule has 2 aliphatic heterocycles. The summed E-state index contributed by atoms with van der Waals surface area (Å²) >= 11 is 3.52. The van der Waals surface area contributed by atoms with Crippen LogP contribution in [0.2, 0.25) is 0 Å². The second-order valence-electron chi connectivity index (χ2n) is 7.54. The molecule has 0 amide bonds. The average Bonchev–Trinajstić information content (AvgIpc) is 3.40. The van der Waals surface area contributed by atoms with Crippen molar-refractivity contribution in [1.82, 2.24) is 14.9 Å². The van der Waals surface area contributed by atoms with Crippen molar-refractivity contribution in [1.29, 1.82) is 0 Å². The van der Waals surface area contributed by atoms with Crippen LogP contribution in [0.15, 0.2) is 70.2 Å². The standard InChI is InChI=1S/C22H22N4OS2/c1-15(2)12-19-23-24-22-25(19)26-20(29-22)14-28-21(26)17-8-10-18(11-9-17)27-13-16-6-4-3-5-7-16/h3-11,14-15,21H,12-13H2,1-2H3. The van der Waals surface area contributed by atoms with E-state index in [0.717, 1.165) is 23.2 Å². The van der Waals surface area contributed by atoms with E-state index in [1.54, 1.807) is 11.8 Å². The van der Waals surface area contributed by atoms with Gasteiger partial charge < -0.3 is 4.74 Å². The minimum atomic E-state index is 0.184. The third-order valence-electron chi connectivity index (χ3n) is 4.84. The third kappa shape index (κ3) is 3.65. The Morgan fingerprint density at radius 2 is 1.83 bits per heavy atom. The zero-order chi connectivity index (χ0) is 19.8. The van der Waals surface area contributed by atoms with E-state index < -0.39 is 0 Å². The molecular formula is C22H22N4OS2. The van der Waals surface area contributed by atoms with Crippen molar-refractivity contribution < 1.29 is 4.74 Å². The van der Waals surface area contributed by atoms with Gasteiger partial charge >= 0.3 is 0 Å². The second kappa shape index (κ2) is 7.80. The molecule has 1 unspecified atom stereocenters. The lowest BCUT2D eigenvalue weighted by atomic mass is 10.1. The molecule has 148 valence electrons. The Hall–Kier alpha value is -2.38. The monoisotopic (exact) mass is 422 g/mol. The third-order valence-corrected chi connectivity index (χ3v) is 7.03. The number of hydrogen-bond acceptors (Lipinski definition) is 6. The van der Waals surface area contributed by atoms with Crippen LogP contribution < -0.4 is 9.75 Å². The first-order valence-electron chi connectivity index (χ1n) is 9.73. The van der Waals surface area contributed by atoms with Crippen molar-refractivity contribution in [3.63, 3.8) is 0 Å². The highest BCUT2D eigenvalue weighted by Crippen LogP contribution is 2.51. The minimum Gasteiger partial charge on any atom is -0.489 e. The van der Waals surface area contributed by atoms with E-state index in [2.05, 4.69) is 75.5 Å². The Morgan fingerprint density at radius 1 is 1.03 bits per heavy atom. The number of aromatic nitrogens is 3. The van der Waals surface area contributed by atoms with Crippen molar-refractivity contribution in [3.05, 3.63) is 82.0 Å². The van der Waals surface area contributed by atoms with E-state index in [1.807, 2.05) is 30.0 Å². The number of rotatable bonds is 6. The predicted octanol–water partition coefficient (Wildman–Crippen LogP) is 5.34. The Bertz CT molecular complexity index is 1030. The van der Waals surface area contributed by atoms with Crippen molar-refractivity contribution in [2.75, 3.05) is 5.01 Å². The van der Waals surface area contributed by atoms with Gasteiger partial charge in [0.05, 0.1) is 0 Å². The summed E-state index contributed by atoms with van der Waals surface area (Å²) in [6, 6.07) is 18.7. The van der Waals surface area contributed by atoms with E-state index in [-0.39, 0.29) is 5.37 Å². The fourth-order valence-corrected chi connectivity index (χ4v) is 5.72. The van der Waals surface area contributed by atoms with E-state index in [0.29, 0.717) is 12.5 Å². The SMILES string of the molecule is CC(C)Cc1nnc2n1N1C(=CSC1c1ccc(OCc3ccccc3)cc1)S2. The summed E-state index contributed by atoms with van der Waals surface area (Å²) in [7, 11) is 0. The number of benzene rings is 2. The predicted molar refractivity (Wildman–Crippen MR) is 118 cm³/mol. The van der Waals surface area contributed by atoms with Crippen LogP contribution in [0.5, 0.6) is 5.75 Å². The minimum absolute atomic E-state index is 0.184. The lowest BCUT2D eigenvalue weighted by Gasteiger charge is -2.26. The molecule has 0 bridgehead atoms. The molecule has 0 fully saturated rings. The lowest BCUT2D eigenvalue weighted by molar-refractivity contribution is 0.306. The smallest absolute Gasteiger partial charge is 0.216 e. The van der Waals surface area contributed by atoms with Crippen LogP contribution in [-0.2, 0) is 13.0 Å². The molecule has 5 nitrogen and oxygen atoms in total. The van der Waals surface area contributed by atoms with Crippen LogP contribution in [0.25, 0.3) is 0 Å². The molecule has 1 atom stereocenters. The van der Waals surface area contributed by atoms with Gasteiger partial charge in [-0.05, 0) is 40.9 Å². The Balaban J connectivity index is 1.33. The van der Waals surface area contributed by atoms with E-state index >= 15 is 0 Å². The van der Waals surface area contributed by atoms with Crippen molar-refractivity contribution in [3.8, 4) is 5.75 Å². The maximum absolute atomic E-state index is 5.94. The molecule has 3 aromatic rings. The van der Waals surface area contributed by atoms with Crippen molar-refractivity contribution >= 4 is 23.5 Å². The van der Waals surface area contributed by atoms with Gasteiger partial charge in [-0.15, -0.1) is 10.2 Å². The average molecular weight is 423 g/mol. The van der Waals surface area contributed by atoms with E-state index in [1.165, 1.54) is 16.2 Å². The van der Waals surface area contributed by atoms with Crippen LogP contribution in [-0.4, -0.2) is 14.9 Å². The molecule has 7 heteroatoms. The fraction of sp³-hybridized carbons (Fsp3) is 0.273. The van der Waals surface area contributed by atoms with Crippen LogP contribution in [0.1, 0.15) is 36.2 Å². The summed E-state index contributed by atoms with van der Waals surface area (Å²) in [6.07, 6.45) is 0.918. The number of thioether (sulfide) groups is 2. The Morgan fingerprint density at radius 3 is 2.59 bits per heavy atom. The van der Waals surface area contributed by atoms with Gasteiger partial charge in [0.1, 0.15) is 22.8 Å². The molecule has 1 aromatic heterocycles. The number of nitrogens with zero attached hydrogens (tertiary/aromatic N) is 4. The first-order valence-corrected chi connectivity index (χ1v) is 11.5. The maximum atomic E-state index is 5.94. The molecule has 3 heterocycles. The van der Waals surface area contributed by atoms with Crippen molar-refractivity contribution in [2.45, 2.75) is 37.4 Å². The first kappa shape index (κ1) is 18.6. The molecule has 0 saturated carbocycles. The molecule has 0 aliphatic carbocycles. The fourth-order valence-electron chi connectivity index (χ4n) is 3.48. The van der Waals surface area contributed by atoms with Gasteiger partial charge in [-0.3, -0.25) is 5.01 Å². The van der Waals surface area contributed by atoms with E-state index in [9.17, 15) is 0 Å². The zero-order valence-corrected chi connectivity index (χ0v) is 18.0. The highest BCUT2D eigenvalue weighted by molar-refractivity contribution is 8.07. The number of fused-ring (bicyclic) bond motifs is 3. The molecule has 0 spiro atoms. The normalized spacial score (nSPS) is 17.4. The number of hydrogen-bond donors (Lipinski definition) is 0. The summed E-state index contributed by atoms with van der Waals surface area (Å²) in [4.78, 5) is 0. The van der Waals surface area contributed by atoms with Gasteiger partial charge in [-0.2, -0.15) is 0 Å². The largest absolute Gasteiger partial charge is 0.489 e. The molecule has 0 N–H and O–H groups in total. The summed E-state index contributed by atoms with van der Waals surface area (Å²) in [5.41, 5.74) is 2.41. The molecule has 29 heavy (non-hydrogen) atoms. The van der Waals surface area contributed by atoms with Crippen LogP contribution in [0.4, 0.5) is 0 Å². The van der Waals surface area contributed by atoms with Gasteiger partial charge in [-0.25, -0.2) is 4.68 Å². The second-order valence-corrected chi connectivity index (χ2v) is 9.48. The summed E-state index contributed by atoms with van der Waals surface area (Å²) in [6.45, 7) is 5.01. The Labute approximate surface area is 179 Å². The molecule has 0 radical (unpaired) electrons. The van der Waals surface area contributed by atoms with Gasteiger partial charge in [0.15, 0.2) is 5.82 Å². The number of ether oxygens (including phenoxy) is 1. The molecule has 5 rings (SSSR count). The molecule has 2 aliphatic rings.